The van der Waals surface area contributed by atoms with Crippen molar-refractivity contribution in [3.63, 3.8) is 0 Å². The minimum atomic E-state index is 0.230. The Balaban J connectivity index is 1.16. The summed E-state index contributed by atoms with van der Waals surface area (Å²) in [6.07, 6.45) is 14.0. The van der Waals surface area contributed by atoms with Gasteiger partial charge in [-0.3, -0.25) is 9.59 Å². The highest BCUT2D eigenvalue weighted by atomic mass is 16.1. The molecule has 2 aromatic rings. The van der Waals surface area contributed by atoms with E-state index in [1.807, 2.05) is 12.1 Å². The molecule has 3 fully saturated rings. The molecule has 3 aliphatic rings. The Morgan fingerprint density at radius 1 is 0.588 bits per heavy atom. The summed E-state index contributed by atoms with van der Waals surface area (Å²) in [4.78, 5) is 24.9. The first-order chi connectivity index (χ1) is 16.7. The molecule has 5 rings (SSSR count). The first kappa shape index (κ1) is 23.3. The zero-order valence-corrected chi connectivity index (χ0v) is 20.1. The van der Waals surface area contributed by atoms with Crippen molar-refractivity contribution in [2.45, 2.75) is 102 Å². The largest absolute Gasteiger partial charge is 0.299 e. The van der Waals surface area contributed by atoms with Crippen LogP contribution in [0.4, 0.5) is 0 Å². The van der Waals surface area contributed by atoms with Gasteiger partial charge in [-0.05, 0) is 69.2 Å². The second-order valence-electron chi connectivity index (χ2n) is 10.7. The summed E-state index contributed by atoms with van der Waals surface area (Å²) in [7, 11) is 0. The van der Waals surface area contributed by atoms with Gasteiger partial charge in [-0.2, -0.15) is 20.4 Å². The molecule has 0 N–H and O–H groups in total. The lowest BCUT2D eigenvalue weighted by atomic mass is 9.78. The van der Waals surface area contributed by atoms with Crippen LogP contribution in [-0.4, -0.2) is 32.0 Å². The molecule has 0 bridgehead atoms. The van der Waals surface area contributed by atoms with Crippen LogP contribution in [0.3, 0.4) is 0 Å². The fraction of sp³-hybridized carbons (Fsp3) is 0.643. The van der Waals surface area contributed by atoms with E-state index in [0.717, 1.165) is 74.1 Å². The summed E-state index contributed by atoms with van der Waals surface area (Å²) in [5.74, 6) is 1.82. The van der Waals surface area contributed by atoms with Gasteiger partial charge in [0.2, 0.25) is 0 Å². The van der Waals surface area contributed by atoms with E-state index in [1.165, 1.54) is 25.7 Å². The second-order valence-corrected chi connectivity index (χ2v) is 10.7. The van der Waals surface area contributed by atoms with E-state index >= 15 is 0 Å². The van der Waals surface area contributed by atoms with Crippen LogP contribution < -0.4 is 0 Å². The Morgan fingerprint density at radius 2 is 1.03 bits per heavy atom. The first-order valence-corrected chi connectivity index (χ1v) is 13.4. The molecular formula is C28H36N4O2. The molecule has 0 spiro atoms. The number of ketones is 2. The molecular weight excluding hydrogens is 424 g/mol. The smallest absolute Gasteiger partial charge is 0.141 e. The molecule has 0 unspecified atom stereocenters. The van der Waals surface area contributed by atoms with Crippen molar-refractivity contribution in [3.8, 4) is 0 Å². The number of nitrogens with zero attached hydrogens (tertiary/aromatic N) is 4. The number of rotatable bonds is 8. The Kier molecular flexibility index (Phi) is 7.41. The first-order valence-electron chi connectivity index (χ1n) is 13.4. The van der Waals surface area contributed by atoms with Crippen molar-refractivity contribution < 1.29 is 9.59 Å². The molecule has 34 heavy (non-hydrogen) atoms. The van der Waals surface area contributed by atoms with E-state index in [0.29, 0.717) is 36.2 Å². The maximum atomic E-state index is 12.5. The normalized spacial score (nSPS) is 23.9. The molecule has 0 aliphatic heterocycles. The van der Waals surface area contributed by atoms with Gasteiger partial charge in [0.05, 0.1) is 35.6 Å². The molecule has 3 saturated carbocycles. The van der Waals surface area contributed by atoms with E-state index in [1.54, 1.807) is 0 Å². The fourth-order valence-electron chi connectivity index (χ4n) is 6.23. The average molecular weight is 461 g/mol. The van der Waals surface area contributed by atoms with Crippen LogP contribution in [0.1, 0.15) is 112 Å². The Labute approximate surface area is 202 Å². The van der Waals surface area contributed by atoms with Gasteiger partial charge in [0.25, 0.3) is 0 Å². The number of hydrogen-bond donors (Lipinski definition) is 0. The Hall–Kier alpha value is -2.50. The van der Waals surface area contributed by atoms with Gasteiger partial charge in [0, 0.05) is 23.7 Å². The summed E-state index contributed by atoms with van der Waals surface area (Å²) in [5.41, 5.74) is 3.63. The number of hydrogen-bond acceptors (Lipinski definition) is 6. The molecule has 180 valence electrons. The number of carbonyl (C=O) groups is 2. The molecule has 0 radical (unpaired) electrons. The van der Waals surface area contributed by atoms with E-state index in [9.17, 15) is 9.59 Å². The lowest BCUT2D eigenvalue weighted by Gasteiger charge is -2.28. The highest BCUT2D eigenvalue weighted by molar-refractivity contribution is 5.83. The van der Waals surface area contributed by atoms with Gasteiger partial charge in [0.1, 0.15) is 11.6 Å². The minimum absolute atomic E-state index is 0.230. The highest BCUT2D eigenvalue weighted by Crippen LogP contribution is 2.40. The topological polar surface area (TPSA) is 85.7 Å². The van der Waals surface area contributed by atoms with E-state index in [2.05, 4.69) is 32.5 Å². The lowest BCUT2D eigenvalue weighted by molar-refractivity contribution is -0.122. The van der Waals surface area contributed by atoms with Gasteiger partial charge in [-0.25, -0.2) is 0 Å². The third kappa shape index (κ3) is 5.59. The van der Waals surface area contributed by atoms with Gasteiger partial charge in [0.15, 0.2) is 0 Å². The van der Waals surface area contributed by atoms with Crippen LogP contribution in [0.2, 0.25) is 0 Å². The van der Waals surface area contributed by atoms with E-state index in [-0.39, 0.29) is 11.8 Å². The molecule has 6 heteroatoms. The van der Waals surface area contributed by atoms with E-state index in [4.69, 9.17) is 0 Å². The monoisotopic (exact) mass is 460 g/mol. The molecule has 0 aromatic carbocycles. The Morgan fingerprint density at radius 3 is 1.41 bits per heavy atom. The van der Waals surface area contributed by atoms with Crippen molar-refractivity contribution in [3.05, 3.63) is 47.0 Å². The third-order valence-corrected chi connectivity index (χ3v) is 8.32. The predicted molar refractivity (Wildman–Crippen MR) is 129 cm³/mol. The number of carbonyl (C=O) groups excluding carboxylic acids is 2. The second kappa shape index (κ2) is 10.8. The van der Waals surface area contributed by atoms with Crippen molar-refractivity contribution in [1.29, 1.82) is 0 Å². The average Bonchev–Trinajstić information content (AvgIpc) is 3.60. The van der Waals surface area contributed by atoms with Crippen LogP contribution in [0.25, 0.3) is 0 Å². The quantitative estimate of drug-likeness (QED) is 0.530. The summed E-state index contributed by atoms with van der Waals surface area (Å²) in [6, 6.07) is 8.13. The van der Waals surface area contributed by atoms with Crippen molar-refractivity contribution in [2.24, 2.45) is 11.8 Å². The van der Waals surface area contributed by atoms with Crippen molar-refractivity contribution in [1.82, 2.24) is 20.4 Å². The molecule has 2 heterocycles. The standard InChI is InChI=1S/C28H36N4O2/c33-27(19-6-1-2-7-19)17-23-12-14-25(31-29-23)21-10-5-11-22(16-21)26-15-13-24(30-32-26)18-28(34)20-8-3-4-9-20/h12-15,19-22H,1-11,16-18H2/t21-,22-/m0/s1. The van der Waals surface area contributed by atoms with E-state index < -0.39 is 0 Å². The zero-order valence-electron chi connectivity index (χ0n) is 20.1. The van der Waals surface area contributed by atoms with Crippen LogP contribution in [0.15, 0.2) is 24.3 Å². The maximum absolute atomic E-state index is 12.5. The fourth-order valence-corrected chi connectivity index (χ4v) is 6.23. The van der Waals surface area contributed by atoms with Crippen molar-refractivity contribution in [2.75, 3.05) is 0 Å². The van der Waals surface area contributed by atoms with Gasteiger partial charge >= 0.3 is 0 Å². The SMILES string of the molecule is O=C(Cc1ccc([C@H]2CCC[C@H](c3ccc(CC(=O)C4CCCC4)nn3)C2)nn1)C1CCCC1. The summed E-state index contributed by atoms with van der Waals surface area (Å²) >= 11 is 0. The summed E-state index contributed by atoms with van der Waals surface area (Å²) in [6.45, 7) is 0. The minimum Gasteiger partial charge on any atom is -0.299 e. The molecule has 0 amide bonds. The molecule has 0 saturated heterocycles. The Bertz CT molecular complexity index is 897. The maximum Gasteiger partial charge on any atom is 0.141 e. The molecule has 2 aromatic heterocycles. The van der Waals surface area contributed by atoms with Crippen LogP contribution in [0.5, 0.6) is 0 Å². The summed E-state index contributed by atoms with van der Waals surface area (Å²) in [5, 5.41) is 17.8. The lowest BCUT2D eigenvalue weighted by Crippen LogP contribution is -2.18. The van der Waals surface area contributed by atoms with Gasteiger partial charge < -0.3 is 0 Å². The predicted octanol–water partition coefficient (Wildman–Crippen LogP) is 5.31. The molecule has 6 nitrogen and oxygen atoms in total. The molecule has 2 atom stereocenters. The van der Waals surface area contributed by atoms with Gasteiger partial charge in [-0.15, -0.1) is 0 Å². The summed E-state index contributed by atoms with van der Waals surface area (Å²) < 4.78 is 0. The van der Waals surface area contributed by atoms with Crippen LogP contribution >= 0.6 is 0 Å². The van der Waals surface area contributed by atoms with Crippen LogP contribution in [-0.2, 0) is 22.4 Å². The zero-order chi connectivity index (χ0) is 23.3. The molecule has 3 aliphatic carbocycles. The van der Waals surface area contributed by atoms with Crippen molar-refractivity contribution >= 4 is 11.6 Å². The number of aromatic nitrogens is 4. The van der Waals surface area contributed by atoms with Crippen LogP contribution in [0, 0.1) is 11.8 Å². The third-order valence-electron chi connectivity index (χ3n) is 8.32. The highest BCUT2D eigenvalue weighted by Gasteiger charge is 2.28. The van der Waals surface area contributed by atoms with Gasteiger partial charge in [-0.1, -0.05) is 32.1 Å². The number of Topliss-reactive ketones (excluding diaryl/α,β-unsaturated/α-hetero) is 2.